The van der Waals surface area contributed by atoms with Crippen molar-refractivity contribution in [2.24, 2.45) is 0 Å². The SMILES string of the molecule is O=C(c1cccc2cn[nH]c12)N1CCC[C@H]1c1nc2ccccc2s1. The summed E-state index contributed by atoms with van der Waals surface area (Å²) >= 11 is 1.69. The van der Waals surface area contributed by atoms with Crippen molar-refractivity contribution >= 4 is 38.4 Å². The number of carbonyl (C=O) groups excluding carboxylic acids is 1. The zero-order valence-electron chi connectivity index (χ0n) is 13.5. The van der Waals surface area contributed by atoms with Crippen LogP contribution in [0.5, 0.6) is 0 Å². The van der Waals surface area contributed by atoms with Gasteiger partial charge in [-0.3, -0.25) is 9.89 Å². The summed E-state index contributed by atoms with van der Waals surface area (Å²) in [5.74, 6) is 0.0524. The van der Waals surface area contributed by atoms with Crippen LogP contribution in [-0.4, -0.2) is 32.5 Å². The predicted octanol–water partition coefficient (Wildman–Crippen LogP) is 4.15. The fourth-order valence-electron chi connectivity index (χ4n) is 3.60. The van der Waals surface area contributed by atoms with Crippen molar-refractivity contribution in [2.75, 3.05) is 6.54 Å². The Hall–Kier alpha value is -2.73. The van der Waals surface area contributed by atoms with Gasteiger partial charge in [0.25, 0.3) is 5.91 Å². The number of H-pyrrole nitrogens is 1. The Labute approximate surface area is 148 Å². The number of fused-ring (bicyclic) bond motifs is 2. The standard InChI is InChI=1S/C19H16N4OS/c24-19(13-6-3-5-12-11-20-22-17(12)13)23-10-4-8-15(23)18-21-14-7-1-2-9-16(14)25-18/h1-3,5-7,9,11,15H,4,8,10H2,(H,20,22)/t15-/m0/s1. The summed E-state index contributed by atoms with van der Waals surface area (Å²) in [4.78, 5) is 20.0. The average molecular weight is 348 g/mol. The molecule has 1 atom stereocenters. The van der Waals surface area contributed by atoms with E-state index in [1.807, 2.05) is 41.3 Å². The summed E-state index contributed by atoms with van der Waals surface area (Å²) in [6, 6.07) is 14.0. The average Bonchev–Trinajstić information content (AvgIpc) is 3.37. The summed E-state index contributed by atoms with van der Waals surface area (Å²) in [5, 5.41) is 9.02. The van der Waals surface area contributed by atoms with Gasteiger partial charge in [0.2, 0.25) is 0 Å². The summed E-state index contributed by atoms with van der Waals surface area (Å²) in [6.45, 7) is 0.768. The molecule has 5 nitrogen and oxygen atoms in total. The summed E-state index contributed by atoms with van der Waals surface area (Å²) in [6.07, 6.45) is 3.72. The predicted molar refractivity (Wildman–Crippen MR) is 98.7 cm³/mol. The van der Waals surface area contributed by atoms with E-state index in [9.17, 15) is 4.79 Å². The number of carbonyl (C=O) groups is 1. The van der Waals surface area contributed by atoms with Crippen LogP contribution in [0, 0.1) is 0 Å². The maximum Gasteiger partial charge on any atom is 0.256 e. The number of nitrogens with one attached hydrogen (secondary N) is 1. The normalized spacial score (nSPS) is 17.6. The quantitative estimate of drug-likeness (QED) is 0.592. The number of hydrogen-bond donors (Lipinski definition) is 1. The second-order valence-corrected chi connectivity index (χ2v) is 7.38. The number of nitrogens with zero attached hydrogens (tertiary/aromatic N) is 3. The molecule has 5 rings (SSSR count). The van der Waals surface area contributed by atoms with Crippen LogP contribution in [0.3, 0.4) is 0 Å². The Morgan fingerprint density at radius 3 is 3.04 bits per heavy atom. The fraction of sp³-hybridized carbons (Fsp3) is 0.211. The van der Waals surface area contributed by atoms with Crippen LogP contribution in [0.2, 0.25) is 0 Å². The lowest BCUT2D eigenvalue weighted by atomic mass is 10.1. The van der Waals surface area contributed by atoms with Gasteiger partial charge in [-0.25, -0.2) is 4.98 Å². The van der Waals surface area contributed by atoms with E-state index in [1.54, 1.807) is 17.5 Å². The zero-order chi connectivity index (χ0) is 16.8. The van der Waals surface area contributed by atoms with Gasteiger partial charge in [-0.05, 0) is 31.0 Å². The molecule has 0 aliphatic carbocycles. The van der Waals surface area contributed by atoms with Crippen molar-refractivity contribution in [3.05, 3.63) is 59.2 Å². The number of likely N-dealkylation sites (tertiary alicyclic amines) is 1. The first-order chi connectivity index (χ1) is 12.3. The molecule has 2 aromatic heterocycles. The van der Waals surface area contributed by atoms with Crippen molar-refractivity contribution < 1.29 is 4.79 Å². The van der Waals surface area contributed by atoms with E-state index < -0.39 is 0 Å². The largest absolute Gasteiger partial charge is 0.329 e. The lowest BCUT2D eigenvalue weighted by molar-refractivity contribution is 0.0737. The minimum atomic E-state index is 0.0524. The van der Waals surface area contributed by atoms with Gasteiger partial charge < -0.3 is 4.90 Å². The van der Waals surface area contributed by atoms with Crippen molar-refractivity contribution in [2.45, 2.75) is 18.9 Å². The fourth-order valence-corrected chi connectivity index (χ4v) is 4.72. The molecule has 124 valence electrons. The number of hydrogen-bond acceptors (Lipinski definition) is 4. The van der Waals surface area contributed by atoms with Crippen LogP contribution in [0.15, 0.2) is 48.7 Å². The molecular weight excluding hydrogens is 332 g/mol. The first kappa shape index (κ1) is 14.6. The van der Waals surface area contributed by atoms with Gasteiger partial charge in [-0.15, -0.1) is 11.3 Å². The monoisotopic (exact) mass is 348 g/mol. The van der Waals surface area contributed by atoms with Crippen LogP contribution in [0.25, 0.3) is 21.1 Å². The Bertz CT molecular complexity index is 1050. The topological polar surface area (TPSA) is 61.9 Å². The zero-order valence-corrected chi connectivity index (χ0v) is 14.3. The molecule has 1 amide bonds. The molecule has 1 saturated heterocycles. The minimum absolute atomic E-state index is 0.0524. The van der Waals surface area contributed by atoms with E-state index in [0.29, 0.717) is 5.56 Å². The van der Waals surface area contributed by atoms with Crippen molar-refractivity contribution in [3.63, 3.8) is 0 Å². The van der Waals surface area contributed by atoms with Crippen LogP contribution in [0.4, 0.5) is 0 Å². The highest BCUT2D eigenvalue weighted by atomic mass is 32.1. The highest BCUT2D eigenvalue weighted by Gasteiger charge is 2.33. The molecule has 0 spiro atoms. The Kier molecular flexibility index (Phi) is 3.31. The molecule has 1 N–H and O–H groups in total. The summed E-state index contributed by atoms with van der Waals surface area (Å²) in [7, 11) is 0. The van der Waals surface area contributed by atoms with E-state index in [-0.39, 0.29) is 11.9 Å². The number of para-hydroxylation sites is 2. The van der Waals surface area contributed by atoms with Gasteiger partial charge in [-0.1, -0.05) is 24.3 Å². The molecule has 25 heavy (non-hydrogen) atoms. The van der Waals surface area contributed by atoms with Gasteiger partial charge in [0.1, 0.15) is 5.01 Å². The molecule has 6 heteroatoms. The molecule has 0 bridgehead atoms. The van der Waals surface area contributed by atoms with E-state index in [0.717, 1.165) is 40.8 Å². The molecule has 4 aromatic rings. The molecule has 1 aliphatic rings. The number of rotatable bonds is 2. The van der Waals surface area contributed by atoms with E-state index in [2.05, 4.69) is 16.3 Å². The highest BCUT2D eigenvalue weighted by Crippen LogP contribution is 2.37. The smallest absolute Gasteiger partial charge is 0.256 e. The Morgan fingerprint density at radius 2 is 2.12 bits per heavy atom. The van der Waals surface area contributed by atoms with Gasteiger partial charge in [-0.2, -0.15) is 5.10 Å². The Morgan fingerprint density at radius 1 is 1.20 bits per heavy atom. The van der Waals surface area contributed by atoms with Crippen LogP contribution in [-0.2, 0) is 0 Å². The van der Waals surface area contributed by atoms with Crippen molar-refractivity contribution in [1.29, 1.82) is 0 Å². The molecule has 1 aliphatic heterocycles. The molecule has 0 saturated carbocycles. The van der Waals surface area contributed by atoms with Crippen LogP contribution in [0.1, 0.15) is 34.2 Å². The van der Waals surface area contributed by atoms with E-state index in [1.165, 1.54) is 4.70 Å². The van der Waals surface area contributed by atoms with Crippen molar-refractivity contribution in [1.82, 2.24) is 20.1 Å². The molecule has 3 heterocycles. The van der Waals surface area contributed by atoms with Crippen LogP contribution < -0.4 is 0 Å². The molecule has 2 aromatic carbocycles. The third kappa shape index (κ3) is 2.33. The Balaban J connectivity index is 1.54. The van der Waals surface area contributed by atoms with Crippen LogP contribution >= 0.6 is 11.3 Å². The van der Waals surface area contributed by atoms with E-state index in [4.69, 9.17) is 4.98 Å². The van der Waals surface area contributed by atoms with Gasteiger partial charge in [0, 0.05) is 11.9 Å². The molecule has 0 radical (unpaired) electrons. The third-order valence-electron chi connectivity index (χ3n) is 4.82. The highest BCUT2D eigenvalue weighted by molar-refractivity contribution is 7.18. The summed E-state index contributed by atoms with van der Waals surface area (Å²) < 4.78 is 1.17. The maximum absolute atomic E-state index is 13.2. The second kappa shape index (κ2) is 5.67. The minimum Gasteiger partial charge on any atom is -0.329 e. The number of aromatic amines is 1. The lowest BCUT2D eigenvalue weighted by Crippen LogP contribution is -2.30. The summed E-state index contributed by atoms with van der Waals surface area (Å²) in [5.41, 5.74) is 2.50. The first-order valence-electron chi connectivity index (χ1n) is 8.40. The second-order valence-electron chi connectivity index (χ2n) is 6.32. The van der Waals surface area contributed by atoms with Gasteiger partial charge in [0.15, 0.2) is 0 Å². The number of amides is 1. The molecular formula is C19H16N4OS. The van der Waals surface area contributed by atoms with E-state index >= 15 is 0 Å². The molecule has 1 fully saturated rings. The van der Waals surface area contributed by atoms with Gasteiger partial charge in [0.05, 0.1) is 33.5 Å². The lowest BCUT2D eigenvalue weighted by Gasteiger charge is -2.23. The number of thiazole rings is 1. The maximum atomic E-state index is 13.2. The number of aromatic nitrogens is 3. The van der Waals surface area contributed by atoms with Gasteiger partial charge >= 0.3 is 0 Å². The van der Waals surface area contributed by atoms with Crippen molar-refractivity contribution in [3.8, 4) is 0 Å². The number of benzene rings is 2. The molecule has 0 unspecified atom stereocenters. The first-order valence-corrected chi connectivity index (χ1v) is 9.21. The third-order valence-corrected chi connectivity index (χ3v) is 5.95.